The molecule has 0 bridgehead atoms. The van der Waals surface area contributed by atoms with Crippen LogP contribution in [-0.4, -0.2) is 17.7 Å². The van der Waals surface area contributed by atoms with Crippen LogP contribution in [0.25, 0.3) is 0 Å². The van der Waals surface area contributed by atoms with Crippen LogP contribution in [0, 0.1) is 6.92 Å². The molecule has 4 heteroatoms. The van der Waals surface area contributed by atoms with E-state index in [0.717, 1.165) is 28.2 Å². The summed E-state index contributed by atoms with van der Waals surface area (Å²) in [6.07, 6.45) is 9.32. The van der Waals surface area contributed by atoms with Gasteiger partial charge in [-0.15, -0.1) is 0 Å². The van der Waals surface area contributed by atoms with Crippen LogP contribution in [0.5, 0.6) is 0 Å². The minimum Gasteiger partial charge on any atom is -0.346 e. The summed E-state index contributed by atoms with van der Waals surface area (Å²) >= 11 is 6.19. The highest BCUT2D eigenvalue weighted by Crippen LogP contribution is 2.18. The lowest BCUT2D eigenvalue weighted by atomic mass is 10.1. The molecule has 0 amide bonds. The molecule has 0 spiro atoms. The van der Waals surface area contributed by atoms with Crippen LogP contribution >= 0.6 is 11.6 Å². The number of rotatable bonds is 5. The van der Waals surface area contributed by atoms with Crippen molar-refractivity contribution < 1.29 is 0 Å². The number of allylic oxidation sites excluding steroid dienone is 5. The Morgan fingerprint density at radius 1 is 1.33 bits per heavy atom. The number of anilines is 1. The van der Waals surface area contributed by atoms with Crippen LogP contribution in [0.3, 0.4) is 0 Å². The Bertz CT molecular complexity index is 610. The van der Waals surface area contributed by atoms with Crippen molar-refractivity contribution in [1.82, 2.24) is 4.98 Å². The molecule has 0 aromatic carbocycles. The summed E-state index contributed by atoms with van der Waals surface area (Å²) in [6.45, 7) is 7.95. The van der Waals surface area contributed by atoms with Gasteiger partial charge in [0.15, 0.2) is 0 Å². The van der Waals surface area contributed by atoms with Gasteiger partial charge in [-0.1, -0.05) is 23.8 Å². The Labute approximate surface area is 132 Å². The smallest absolute Gasteiger partial charge is 0.139 e. The second-order valence-electron chi connectivity index (χ2n) is 4.67. The summed E-state index contributed by atoms with van der Waals surface area (Å²) in [5, 5.41) is 3.87. The Kier molecular flexibility index (Phi) is 6.89. The van der Waals surface area contributed by atoms with E-state index in [2.05, 4.69) is 15.3 Å². The summed E-state index contributed by atoms with van der Waals surface area (Å²) in [5.74, 6) is 0.780. The van der Waals surface area contributed by atoms with Gasteiger partial charge in [0.2, 0.25) is 0 Å². The van der Waals surface area contributed by atoms with Gasteiger partial charge in [-0.05, 0) is 51.0 Å². The molecule has 0 unspecified atom stereocenters. The van der Waals surface area contributed by atoms with Crippen LogP contribution in [0.1, 0.15) is 31.9 Å². The Morgan fingerprint density at radius 3 is 2.67 bits per heavy atom. The fourth-order valence-electron chi connectivity index (χ4n) is 1.89. The minimum absolute atomic E-state index is 0.690. The molecule has 112 valence electrons. The molecule has 0 atom stereocenters. The lowest BCUT2D eigenvalue weighted by Gasteiger charge is -2.10. The van der Waals surface area contributed by atoms with E-state index in [1.54, 1.807) is 19.4 Å². The van der Waals surface area contributed by atoms with Crippen molar-refractivity contribution in [2.24, 2.45) is 4.99 Å². The summed E-state index contributed by atoms with van der Waals surface area (Å²) in [4.78, 5) is 8.61. The zero-order chi connectivity index (χ0) is 15.8. The molecule has 1 aromatic heterocycles. The standard InChI is InChI=1S/C17H22ClN3/c1-6-7-12(2)15(18)9-11-21-17-16(14(4)19-5)13(3)8-10-20-17/h6-11H,1-5H3,(H,20,21)/b7-6-,11-9+,15-12+,19-14?. The molecule has 1 rings (SSSR count). The number of aryl methyl sites for hydroxylation is 1. The molecule has 3 nitrogen and oxygen atoms in total. The minimum atomic E-state index is 0.690. The fourth-order valence-corrected chi connectivity index (χ4v) is 2.02. The third kappa shape index (κ3) is 4.87. The van der Waals surface area contributed by atoms with E-state index in [0.29, 0.717) is 5.03 Å². The first kappa shape index (κ1) is 17.2. The summed E-state index contributed by atoms with van der Waals surface area (Å²) in [5.41, 5.74) is 4.12. The maximum atomic E-state index is 6.19. The monoisotopic (exact) mass is 303 g/mol. The molecule has 1 heterocycles. The highest BCUT2D eigenvalue weighted by Gasteiger charge is 2.08. The number of aromatic nitrogens is 1. The fraction of sp³-hybridized carbons (Fsp3) is 0.294. The van der Waals surface area contributed by atoms with Crippen molar-refractivity contribution in [3.63, 3.8) is 0 Å². The normalized spacial score (nSPS) is 13.9. The number of aliphatic imine (C=N–C) groups is 1. The third-order valence-electron chi connectivity index (χ3n) is 3.10. The highest BCUT2D eigenvalue weighted by atomic mass is 35.5. The summed E-state index contributed by atoms with van der Waals surface area (Å²) < 4.78 is 0. The van der Waals surface area contributed by atoms with Gasteiger partial charge in [0, 0.05) is 35.8 Å². The largest absolute Gasteiger partial charge is 0.346 e. The Balaban J connectivity index is 3.00. The van der Waals surface area contributed by atoms with E-state index in [-0.39, 0.29) is 0 Å². The number of hydrogen-bond acceptors (Lipinski definition) is 3. The van der Waals surface area contributed by atoms with E-state index in [9.17, 15) is 0 Å². The van der Waals surface area contributed by atoms with Crippen molar-refractivity contribution in [2.45, 2.75) is 27.7 Å². The van der Waals surface area contributed by atoms with Gasteiger partial charge in [-0.25, -0.2) is 4.98 Å². The molecule has 1 aromatic rings. The predicted molar refractivity (Wildman–Crippen MR) is 93.2 cm³/mol. The molecule has 0 aliphatic carbocycles. The second kappa shape index (κ2) is 8.42. The Morgan fingerprint density at radius 2 is 2.05 bits per heavy atom. The van der Waals surface area contributed by atoms with Crippen LogP contribution in [0.4, 0.5) is 5.82 Å². The van der Waals surface area contributed by atoms with Crippen LogP contribution in [-0.2, 0) is 0 Å². The molecule has 0 aliphatic heterocycles. The zero-order valence-corrected chi connectivity index (χ0v) is 14.0. The van der Waals surface area contributed by atoms with Crippen molar-refractivity contribution in [3.8, 4) is 0 Å². The van der Waals surface area contributed by atoms with Crippen LogP contribution in [0.2, 0.25) is 0 Å². The average molecular weight is 304 g/mol. The van der Waals surface area contributed by atoms with Gasteiger partial charge in [-0.2, -0.15) is 0 Å². The van der Waals surface area contributed by atoms with Gasteiger partial charge in [0.25, 0.3) is 0 Å². The highest BCUT2D eigenvalue weighted by molar-refractivity contribution is 6.31. The van der Waals surface area contributed by atoms with Crippen molar-refractivity contribution in [3.05, 3.63) is 58.4 Å². The summed E-state index contributed by atoms with van der Waals surface area (Å²) in [6, 6.07) is 1.97. The van der Waals surface area contributed by atoms with Gasteiger partial charge in [0.1, 0.15) is 5.82 Å². The van der Waals surface area contributed by atoms with Gasteiger partial charge in [0.05, 0.1) is 0 Å². The van der Waals surface area contributed by atoms with E-state index >= 15 is 0 Å². The lowest BCUT2D eigenvalue weighted by molar-refractivity contribution is 1.25. The lowest BCUT2D eigenvalue weighted by Crippen LogP contribution is -2.05. The average Bonchev–Trinajstić information content (AvgIpc) is 2.46. The first-order valence-corrected chi connectivity index (χ1v) is 7.20. The number of halogens is 1. The van der Waals surface area contributed by atoms with E-state index < -0.39 is 0 Å². The van der Waals surface area contributed by atoms with Crippen LogP contribution < -0.4 is 5.32 Å². The maximum Gasteiger partial charge on any atom is 0.139 e. The van der Waals surface area contributed by atoms with Gasteiger partial charge < -0.3 is 5.32 Å². The molecule has 0 fully saturated rings. The van der Waals surface area contributed by atoms with Crippen molar-refractivity contribution in [2.75, 3.05) is 12.4 Å². The molecule has 0 radical (unpaired) electrons. The molecular weight excluding hydrogens is 282 g/mol. The SMILES string of the molecule is C\C=C/C(C)=C(Cl)\C=C\Nc1nccc(C)c1C(C)=NC. The molecule has 21 heavy (non-hydrogen) atoms. The number of nitrogens with one attached hydrogen (secondary N) is 1. The quantitative estimate of drug-likeness (QED) is 0.624. The third-order valence-corrected chi connectivity index (χ3v) is 3.52. The maximum absolute atomic E-state index is 6.19. The van der Waals surface area contributed by atoms with Crippen molar-refractivity contribution >= 4 is 23.1 Å². The second-order valence-corrected chi connectivity index (χ2v) is 5.08. The molecular formula is C17H22ClN3. The zero-order valence-electron chi connectivity index (χ0n) is 13.2. The number of pyridine rings is 1. The molecule has 0 saturated heterocycles. The van der Waals surface area contributed by atoms with Gasteiger partial charge in [-0.3, -0.25) is 4.99 Å². The van der Waals surface area contributed by atoms with Gasteiger partial charge >= 0.3 is 0 Å². The van der Waals surface area contributed by atoms with Crippen molar-refractivity contribution in [1.29, 1.82) is 0 Å². The van der Waals surface area contributed by atoms with E-state index in [4.69, 9.17) is 11.6 Å². The molecule has 0 aliphatic rings. The van der Waals surface area contributed by atoms with E-state index in [1.165, 1.54) is 0 Å². The van der Waals surface area contributed by atoms with Crippen LogP contribution in [0.15, 0.2) is 52.3 Å². The number of nitrogens with zero attached hydrogens (tertiary/aromatic N) is 2. The Hall–Kier alpha value is -1.87. The topological polar surface area (TPSA) is 37.3 Å². The molecule has 0 saturated carbocycles. The first-order valence-electron chi connectivity index (χ1n) is 6.82. The number of hydrogen-bond donors (Lipinski definition) is 1. The first-order chi connectivity index (χ1) is 10.0. The predicted octanol–water partition coefficient (Wildman–Crippen LogP) is 4.84. The molecule has 1 N–H and O–H groups in total. The summed E-state index contributed by atoms with van der Waals surface area (Å²) in [7, 11) is 1.78. The van der Waals surface area contributed by atoms with E-state index in [1.807, 2.05) is 52.0 Å².